The number of carbonyl (C=O) groups is 1. The first kappa shape index (κ1) is 29.3. The number of hydrogen-bond donors (Lipinski definition) is 2. The molecule has 42 heavy (non-hydrogen) atoms. The van der Waals surface area contributed by atoms with Crippen molar-refractivity contribution < 1.29 is 14.3 Å². The van der Waals surface area contributed by atoms with Gasteiger partial charge in [-0.3, -0.25) is 9.69 Å². The minimum absolute atomic E-state index is 0.00797. The first-order valence-corrected chi connectivity index (χ1v) is 14.2. The number of methoxy groups -OCH3 is 1. The quantitative estimate of drug-likeness (QED) is 0.378. The van der Waals surface area contributed by atoms with E-state index in [-0.39, 0.29) is 29.6 Å². The molecule has 1 saturated heterocycles. The highest BCUT2D eigenvalue weighted by atomic mass is 16.5. The van der Waals surface area contributed by atoms with Crippen LogP contribution in [0.15, 0.2) is 48.7 Å². The molecular formula is C32H39N7O3. The average Bonchev–Trinajstić information content (AvgIpc) is 2.95. The van der Waals surface area contributed by atoms with Crippen LogP contribution < -0.4 is 20.3 Å². The van der Waals surface area contributed by atoms with Gasteiger partial charge in [-0.1, -0.05) is 24.3 Å². The zero-order valence-corrected chi connectivity index (χ0v) is 25.2. The number of piperidine rings is 1. The Balaban J connectivity index is 1.41. The Hall–Kier alpha value is -4.20. The summed E-state index contributed by atoms with van der Waals surface area (Å²) in [6, 6.07) is 16.1. The number of anilines is 4. The van der Waals surface area contributed by atoms with E-state index in [2.05, 4.69) is 61.3 Å². The molecule has 10 heteroatoms. The van der Waals surface area contributed by atoms with Gasteiger partial charge in [0.25, 0.3) is 5.91 Å². The smallest absolute Gasteiger partial charge is 0.265 e. The van der Waals surface area contributed by atoms with E-state index < -0.39 is 0 Å². The van der Waals surface area contributed by atoms with E-state index in [1.165, 1.54) is 0 Å². The van der Waals surface area contributed by atoms with Crippen molar-refractivity contribution in [2.75, 3.05) is 49.4 Å². The van der Waals surface area contributed by atoms with E-state index in [1.807, 2.05) is 42.5 Å². The zero-order valence-electron chi connectivity index (χ0n) is 25.2. The van der Waals surface area contributed by atoms with E-state index in [4.69, 9.17) is 14.5 Å². The summed E-state index contributed by atoms with van der Waals surface area (Å²) >= 11 is 0. The predicted octanol–water partition coefficient (Wildman–Crippen LogP) is 5.19. The van der Waals surface area contributed by atoms with Crippen LogP contribution >= 0.6 is 0 Å². The number of hydrogen-bond acceptors (Lipinski definition) is 9. The van der Waals surface area contributed by atoms with Crippen molar-refractivity contribution in [3.8, 4) is 22.9 Å². The molecule has 2 N–H and O–H groups in total. The van der Waals surface area contributed by atoms with Gasteiger partial charge >= 0.3 is 0 Å². The fourth-order valence-corrected chi connectivity index (χ4v) is 6.06. The molecule has 0 atom stereocenters. The zero-order chi connectivity index (χ0) is 30.1. The molecule has 3 heterocycles. The molecule has 0 bridgehead atoms. The molecule has 0 unspecified atom stereocenters. The number of benzene rings is 2. The van der Waals surface area contributed by atoms with E-state index in [9.17, 15) is 10.1 Å². The third-order valence-corrected chi connectivity index (χ3v) is 8.46. The van der Waals surface area contributed by atoms with E-state index >= 15 is 0 Å². The lowest BCUT2D eigenvalue weighted by molar-refractivity contribution is -0.121. The first-order valence-electron chi connectivity index (χ1n) is 14.2. The molecule has 5 rings (SSSR count). The van der Waals surface area contributed by atoms with Gasteiger partial charge in [0.05, 0.1) is 18.5 Å². The Morgan fingerprint density at radius 3 is 2.60 bits per heavy atom. The van der Waals surface area contributed by atoms with Crippen molar-refractivity contribution in [3.63, 3.8) is 0 Å². The van der Waals surface area contributed by atoms with Crippen LogP contribution in [0.5, 0.6) is 5.75 Å². The molecule has 1 amide bonds. The summed E-state index contributed by atoms with van der Waals surface area (Å²) in [5, 5.41) is 16.7. The van der Waals surface area contributed by atoms with Gasteiger partial charge < -0.3 is 25.0 Å². The number of fused-ring (bicyclic) bond motifs is 1. The van der Waals surface area contributed by atoms with Gasteiger partial charge in [0.15, 0.2) is 6.61 Å². The minimum atomic E-state index is -0.0934. The number of nitrogens with zero attached hydrogens (tertiary/aromatic N) is 5. The largest absolute Gasteiger partial charge is 0.482 e. The van der Waals surface area contributed by atoms with E-state index in [0.717, 1.165) is 35.3 Å². The second kappa shape index (κ2) is 11.6. The van der Waals surface area contributed by atoms with Crippen molar-refractivity contribution in [1.29, 1.82) is 5.26 Å². The molecule has 0 radical (unpaired) electrons. The molecule has 10 nitrogen and oxygen atoms in total. The summed E-state index contributed by atoms with van der Waals surface area (Å²) in [7, 11) is 3.79. The lowest BCUT2D eigenvalue weighted by atomic mass is 9.77. The Kier molecular flexibility index (Phi) is 8.08. The topological polar surface area (TPSA) is 116 Å². The monoisotopic (exact) mass is 569 g/mol. The highest BCUT2D eigenvalue weighted by Crippen LogP contribution is 2.40. The maximum absolute atomic E-state index is 12.4. The molecule has 3 aromatic rings. The lowest BCUT2D eigenvalue weighted by Gasteiger charge is -2.53. The van der Waals surface area contributed by atoms with Crippen molar-refractivity contribution in [2.24, 2.45) is 0 Å². The molecule has 2 aliphatic rings. The van der Waals surface area contributed by atoms with Crippen LogP contribution in [0.25, 0.3) is 11.1 Å². The average molecular weight is 570 g/mol. The van der Waals surface area contributed by atoms with Crippen LogP contribution in [0.2, 0.25) is 0 Å². The van der Waals surface area contributed by atoms with Gasteiger partial charge in [0.1, 0.15) is 23.2 Å². The number of nitrogens with one attached hydrogen (secondary N) is 2. The Morgan fingerprint density at radius 1 is 1.14 bits per heavy atom. The van der Waals surface area contributed by atoms with Crippen LogP contribution in [-0.4, -0.2) is 71.8 Å². The minimum Gasteiger partial charge on any atom is -0.482 e. The number of carbonyl (C=O) groups excluding carboxylic acids is 1. The fourth-order valence-electron chi connectivity index (χ4n) is 6.06. The molecule has 0 aliphatic carbocycles. The van der Waals surface area contributed by atoms with Gasteiger partial charge in [0.2, 0.25) is 5.95 Å². The second-order valence-electron chi connectivity index (χ2n) is 12.2. The number of likely N-dealkylation sites (tertiary alicyclic amines) is 1. The standard InChI is InChI=1S/C32H39N7O3/c1-31(2)16-23(17-32(3,4)38(31)5)35-29-22(18-33)19-34-30(37-29)36-25-10-8-7-9-24(25)21-11-12-26-27(15-21)42-20-28(40)39(26)13-14-41-6/h7-12,15,19,23H,13-14,16-17,20H2,1-6H3,(H2,34,35,36,37). The summed E-state index contributed by atoms with van der Waals surface area (Å²) in [4.78, 5) is 25.8. The van der Waals surface area contributed by atoms with Gasteiger partial charge in [-0.15, -0.1) is 0 Å². The Morgan fingerprint density at radius 2 is 1.88 bits per heavy atom. The fraction of sp³-hybridized carbons (Fsp3) is 0.438. The number of nitriles is 1. The van der Waals surface area contributed by atoms with Crippen molar-refractivity contribution in [3.05, 3.63) is 54.2 Å². The van der Waals surface area contributed by atoms with Crippen LogP contribution in [-0.2, 0) is 9.53 Å². The summed E-state index contributed by atoms with van der Waals surface area (Å²) in [5.41, 5.74) is 3.76. The molecule has 0 saturated carbocycles. The third-order valence-electron chi connectivity index (χ3n) is 8.46. The van der Waals surface area contributed by atoms with Crippen molar-refractivity contribution in [2.45, 2.75) is 57.7 Å². The first-order chi connectivity index (χ1) is 20.0. The number of para-hydroxylation sites is 1. The van der Waals surface area contributed by atoms with Crippen LogP contribution in [0, 0.1) is 11.3 Å². The number of aromatic nitrogens is 2. The molecule has 2 aliphatic heterocycles. The van der Waals surface area contributed by atoms with Crippen LogP contribution in [0.3, 0.4) is 0 Å². The van der Waals surface area contributed by atoms with Gasteiger partial charge in [-0.25, -0.2) is 4.98 Å². The Labute approximate surface area is 247 Å². The van der Waals surface area contributed by atoms with Crippen molar-refractivity contribution >= 4 is 29.0 Å². The summed E-state index contributed by atoms with van der Waals surface area (Å²) < 4.78 is 11.0. The number of ether oxygens (including phenoxy) is 2. The summed E-state index contributed by atoms with van der Waals surface area (Å²) in [5.74, 6) is 1.46. The second-order valence-corrected chi connectivity index (χ2v) is 12.2. The summed E-state index contributed by atoms with van der Waals surface area (Å²) in [6.07, 6.45) is 3.40. The molecule has 1 fully saturated rings. The Bertz CT molecular complexity index is 1500. The molecule has 0 spiro atoms. The van der Waals surface area contributed by atoms with E-state index in [0.29, 0.717) is 36.2 Å². The molecule has 1 aromatic heterocycles. The van der Waals surface area contributed by atoms with Crippen LogP contribution in [0.4, 0.5) is 23.1 Å². The maximum Gasteiger partial charge on any atom is 0.265 e. The normalized spacial score (nSPS) is 18.1. The van der Waals surface area contributed by atoms with Crippen LogP contribution in [0.1, 0.15) is 46.1 Å². The third kappa shape index (κ3) is 5.89. The van der Waals surface area contributed by atoms with Crippen molar-refractivity contribution in [1.82, 2.24) is 14.9 Å². The van der Waals surface area contributed by atoms with Gasteiger partial charge in [0, 0.05) is 42.0 Å². The highest BCUT2D eigenvalue weighted by molar-refractivity contribution is 5.98. The van der Waals surface area contributed by atoms with E-state index in [1.54, 1.807) is 18.2 Å². The number of rotatable bonds is 8. The SMILES string of the molecule is COCCN1C(=O)COc2cc(-c3ccccc3Nc3ncc(C#N)c(NC4CC(C)(C)N(C)C(C)(C)C4)n3)ccc21. The highest BCUT2D eigenvalue weighted by Gasteiger charge is 2.43. The predicted molar refractivity (Wildman–Crippen MR) is 164 cm³/mol. The maximum atomic E-state index is 12.4. The molecule has 220 valence electrons. The summed E-state index contributed by atoms with van der Waals surface area (Å²) in [6.45, 7) is 9.88. The molecular weight excluding hydrogens is 530 g/mol. The lowest BCUT2D eigenvalue weighted by Crippen LogP contribution is -2.61. The van der Waals surface area contributed by atoms with Gasteiger partial charge in [-0.2, -0.15) is 10.2 Å². The molecule has 2 aromatic carbocycles. The van der Waals surface area contributed by atoms with Gasteiger partial charge in [-0.05, 0) is 71.3 Å². The number of amides is 1.